The molecule has 0 spiro atoms. The minimum atomic E-state index is 0.601. The van der Waals surface area contributed by atoms with Gasteiger partial charge in [0.05, 0.1) is 6.61 Å². The second-order valence-electron chi connectivity index (χ2n) is 4.89. The molecule has 5 nitrogen and oxygen atoms in total. The Labute approximate surface area is 109 Å². The largest absolute Gasteiger partial charge is 0.381 e. The Morgan fingerprint density at radius 2 is 2.22 bits per heavy atom. The van der Waals surface area contributed by atoms with Gasteiger partial charge in [-0.2, -0.15) is 0 Å². The molecular formula is C13H22N4O. The number of ether oxygens (including phenoxy) is 1. The summed E-state index contributed by atoms with van der Waals surface area (Å²) in [5.41, 5.74) is 1.11. The molecule has 5 heteroatoms. The van der Waals surface area contributed by atoms with E-state index in [2.05, 4.69) is 20.2 Å². The van der Waals surface area contributed by atoms with E-state index in [0.717, 1.165) is 37.8 Å². The Hall–Kier alpha value is -1.20. The van der Waals surface area contributed by atoms with E-state index in [0.29, 0.717) is 5.92 Å². The number of anilines is 1. The molecule has 1 N–H and O–H groups in total. The van der Waals surface area contributed by atoms with Crippen LogP contribution in [0.1, 0.15) is 18.4 Å². The van der Waals surface area contributed by atoms with Crippen molar-refractivity contribution in [3.8, 4) is 0 Å². The van der Waals surface area contributed by atoms with Gasteiger partial charge in [-0.1, -0.05) is 0 Å². The van der Waals surface area contributed by atoms with Gasteiger partial charge in [-0.05, 0) is 25.8 Å². The molecule has 1 saturated heterocycles. The van der Waals surface area contributed by atoms with Crippen LogP contribution in [0.3, 0.4) is 0 Å². The first kappa shape index (κ1) is 13.2. The van der Waals surface area contributed by atoms with E-state index in [1.807, 2.05) is 26.5 Å². The zero-order valence-electron chi connectivity index (χ0n) is 11.2. The summed E-state index contributed by atoms with van der Waals surface area (Å²) < 4.78 is 5.49. The monoisotopic (exact) mass is 250 g/mol. The minimum Gasteiger partial charge on any atom is -0.381 e. The maximum atomic E-state index is 5.49. The van der Waals surface area contributed by atoms with Crippen LogP contribution in [0.15, 0.2) is 12.4 Å². The van der Waals surface area contributed by atoms with Gasteiger partial charge in [-0.25, -0.2) is 9.97 Å². The molecule has 1 atom stereocenters. The molecule has 1 aromatic rings. The molecule has 100 valence electrons. The number of aromatic nitrogens is 2. The SMILES string of the molecule is CNCc1cnc(N(C)CC2CCCOC2)nc1. The highest BCUT2D eigenvalue weighted by atomic mass is 16.5. The third-order valence-corrected chi connectivity index (χ3v) is 3.20. The van der Waals surface area contributed by atoms with E-state index in [9.17, 15) is 0 Å². The zero-order valence-corrected chi connectivity index (χ0v) is 11.2. The second kappa shape index (κ2) is 6.66. The van der Waals surface area contributed by atoms with Crippen molar-refractivity contribution in [1.29, 1.82) is 0 Å². The van der Waals surface area contributed by atoms with Crippen LogP contribution in [0.2, 0.25) is 0 Å². The highest BCUT2D eigenvalue weighted by molar-refractivity contribution is 5.28. The molecule has 2 rings (SSSR count). The smallest absolute Gasteiger partial charge is 0.225 e. The molecule has 0 saturated carbocycles. The third kappa shape index (κ3) is 3.65. The van der Waals surface area contributed by atoms with Gasteiger partial charge in [0.25, 0.3) is 0 Å². The van der Waals surface area contributed by atoms with Crippen LogP contribution in [0.4, 0.5) is 5.95 Å². The van der Waals surface area contributed by atoms with Crippen LogP contribution >= 0.6 is 0 Å². The van der Waals surface area contributed by atoms with Gasteiger partial charge in [-0.15, -0.1) is 0 Å². The Kier molecular flexibility index (Phi) is 4.90. The highest BCUT2D eigenvalue weighted by Crippen LogP contribution is 2.16. The van der Waals surface area contributed by atoms with Gasteiger partial charge in [0, 0.05) is 44.7 Å². The van der Waals surface area contributed by atoms with Crippen molar-refractivity contribution in [3.05, 3.63) is 18.0 Å². The van der Waals surface area contributed by atoms with Crippen LogP contribution in [0.25, 0.3) is 0 Å². The van der Waals surface area contributed by atoms with Crippen LogP contribution in [-0.2, 0) is 11.3 Å². The molecule has 18 heavy (non-hydrogen) atoms. The summed E-state index contributed by atoms with van der Waals surface area (Å²) in [6.45, 7) is 3.55. The molecule has 1 aliphatic rings. The fourth-order valence-electron chi connectivity index (χ4n) is 2.26. The Bertz CT molecular complexity index is 349. The Morgan fingerprint density at radius 1 is 1.44 bits per heavy atom. The Balaban J connectivity index is 1.89. The number of hydrogen-bond donors (Lipinski definition) is 1. The summed E-state index contributed by atoms with van der Waals surface area (Å²) in [6.07, 6.45) is 6.17. The molecular weight excluding hydrogens is 228 g/mol. The quantitative estimate of drug-likeness (QED) is 0.847. The summed E-state index contributed by atoms with van der Waals surface area (Å²) in [7, 11) is 3.96. The summed E-state index contributed by atoms with van der Waals surface area (Å²) in [4.78, 5) is 10.9. The lowest BCUT2D eigenvalue weighted by molar-refractivity contribution is 0.0575. The number of nitrogens with zero attached hydrogens (tertiary/aromatic N) is 3. The molecule has 1 aliphatic heterocycles. The maximum absolute atomic E-state index is 5.49. The van der Waals surface area contributed by atoms with Gasteiger partial charge < -0.3 is 15.0 Å². The van der Waals surface area contributed by atoms with E-state index < -0.39 is 0 Å². The van der Waals surface area contributed by atoms with Gasteiger partial charge in [0.15, 0.2) is 0 Å². The van der Waals surface area contributed by atoms with Gasteiger partial charge in [0.1, 0.15) is 0 Å². The maximum Gasteiger partial charge on any atom is 0.225 e. The fourth-order valence-corrected chi connectivity index (χ4v) is 2.26. The predicted molar refractivity (Wildman–Crippen MR) is 71.6 cm³/mol. The van der Waals surface area contributed by atoms with Crippen molar-refractivity contribution in [3.63, 3.8) is 0 Å². The highest BCUT2D eigenvalue weighted by Gasteiger charge is 2.17. The summed E-state index contributed by atoms with van der Waals surface area (Å²) in [5, 5.41) is 3.09. The first-order chi connectivity index (χ1) is 8.79. The molecule has 1 fully saturated rings. The van der Waals surface area contributed by atoms with E-state index in [4.69, 9.17) is 4.74 Å². The number of rotatable bonds is 5. The first-order valence-corrected chi connectivity index (χ1v) is 6.54. The van der Waals surface area contributed by atoms with Crippen LogP contribution in [0, 0.1) is 5.92 Å². The molecule has 2 heterocycles. The van der Waals surface area contributed by atoms with Crippen LogP contribution in [0.5, 0.6) is 0 Å². The van der Waals surface area contributed by atoms with Crippen molar-refractivity contribution < 1.29 is 4.74 Å². The summed E-state index contributed by atoms with van der Waals surface area (Å²) in [6, 6.07) is 0. The van der Waals surface area contributed by atoms with E-state index >= 15 is 0 Å². The number of hydrogen-bond acceptors (Lipinski definition) is 5. The van der Waals surface area contributed by atoms with Gasteiger partial charge in [0.2, 0.25) is 5.95 Å². The second-order valence-corrected chi connectivity index (χ2v) is 4.89. The average molecular weight is 250 g/mol. The lowest BCUT2D eigenvalue weighted by Gasteiger charge is -2.27. The van der Waals surface area contributed by atoms with Crippen molar-refractivity contribution in [2.24, 2.45) is 5.92 Å². The molecule has 1 unspecified atom stereocenters. The normalized spacial score (nSPS) is 19.8. The van der Waals surface area contributed by atoms with Crippen LogP contribution in [-0.4, -0.2) is 43.8 Å². The molecule has 1 aromatic heterocycles. The predicted octanol–water partition coefficient (Wildman–Crippen LogP) is 1.06. The minimum absolute atomic E-state index is 0.601. The molecule has 0 radical (unpaired) electrons. The first-order valence-electron chi connectivity index (χ1n) is 6.54. The Morgan fingerprint density at radius 3 is 2.83 bits per heavy atom. The van der Waals surface area contributed by atoms with Crippen molar-refractivity contribution in [2.75, 3.05) is 38.8 Å². The average Bonchev–Trinajstić information content (AvgIpc) is 2.41. The molecule has 0 aromatic carbocycles. The molecule has 0 bridgehead atoms. The van der Waals surface area contributed by atoms with E-state index in [-0.39, 0.29) is 0 Å². The summed E-state index contributed by atoms with van der Waals surface area (Å²) >= 11 is 0. The third-order valence-electron chi connectivity index (χ3n) is 3.20. The van der Waals surface area contributed by atoms with E-state index in [1.54, 1.807) is 0 Å². The lowest BCUT2D eigenvalue weighted by Crippen LogP contribution is -2.31. The zero-order chi connectivity index (χ0) is 12.8. The van der Waals surface area contributed by atoms with Crippen molar-refractivity contribution in [2.45, 2.75) is 19.4 Å². The lowest BCUT2D eigenvalue weighted by atomic mass is 10.0. The van der Waals surface area contributed by atoms with E-state index in [1.165, 1.54) is 12.8 Å². The van der Waals surface area contributed by atoms with Crippen LogP contribution < -0.4 is 10.2 Å². The summed E-state index contributed by atoms with van der Waals surface area (Å²) in [5.74, 6) is 1.39. The fraction of sp³-hybridized carbons (Fsp3) is 0.692. The molecule has 0 amide bonds. The van der Waals surface area contributed by atoms with Crippen molar-refractivity contribution in [1.82, 2.24) is 15.3 Å². The van der Waals surface area contributed by atoms with Gasteiger partial charge in [-0.3, -0.25) is 0 Å². The topological polar surface area (TPSA) is 50.3 Å². The van der Waals surface area contributed by atoms with Gasteiger partial charge >= 0.3 is 0 Å². The standard InChI is InChI=1S/C13H22N4O/c1-14-6-12-7-15-13(16-8-12)17(2)9-11-4-3-5-18-10-11/h7-8,11,14H,3-6,9-10H2,1-2H3. The number of nitrogens with one attached hydrogen (secondary N) is 1. The molecule has 0 aliphatic carbocycles. The van der Waals surface area contributed by atoms with Crippen molar-refractivity contribution >= 4 is 5.95 Å².